The number of carbonyl (C=O) groups excluding carboxylic acids is 1. The van der Waals surface area contributed by atoms with Gasteiger partial charge in [0, 0.05) is 12.5 Å². The van der Waals surface area contributed by atoms with Crippen molar-refractivity contribution < 1.29 is 10.0 Å². The van der Waals surface area contributed by atoms with Crippen molar-refractivity contribution >= 4 is 16.8 Å². The van der Waals surface area contributed by atoms with Gasteiger partial charge in [-0.1, -0.05) is 0 Å². The highest BCUT2D eigenvalue weighted by atomic mass is 35.5. The molecule has 0 radical (unpaired) electrons. The van der Waals surface area contributed by atoms with E-state index in [0.717, 1.165) is 5.06 Å². The Kier molecular flexibility index (Phi) is 2.23. The average molecular weight is 203 g/mol. The molecule has 0 amide bonds. The topological polar surface area (TPSA) is 40.5 Å². The van der Waals surface area contributed by atoms with Crippen molar-refractivity contribution in [2.75, 3.05) is 0 Å². The molecule has 1 N–H and O–H groups in total. The van der Waals surface area contributed by atoms with Crippen molar-refractivity contribution in [1.82, 2.24) is 5.06 Å². The number of rotatable bonds is 1. The molecular formula is C9H13ClNO2+. The molecule has 1 atom stereocenters. The van der Waals surface area contributed by atoms with Gasteiger partial charge in [-0.25, -0.2) is 0 Å². The first-order valence-electron chi connectivity index (χ1n) is 3.97. The summed E-state index contributed by atoms with van der Waals surface area (Å²) in [7, 11) is 0. The highest BCUT2D eigenvalue weighted by Gasteiger charge is 2.51. The van der Waals surface area contributed by atoms with E-state index >= 15 is 0 Å². The summed E-state index contributed by atoms with van der Waals surface area (Å²) >= 11 is 5.39. The van der Waals surface area contributed by atoms with Crippen LogP contribution < -0.4 is 0 Å². The van der Waals surface area contributed by atoms with Crippen LogP contribution in [0.25, 0.3) is 0 Å². The van der Waals surface area contributed by atoms with Gasteiger partial charge in [-0.2, -0.15) is 0 Å². The normalized spacial score (nSPS) is 33.2. The van der Waals surface area contributed by atoms with E-state index in [4.69, 9.17) is 11.6 Å². The molecule has 4 heteroatoms. The van der Waals surface area contributed by atoms with Crippen molar-refractivity contribution in [3.05, 3.63) is 18.6 Å². The van der Waals surface area contributed by atoms with Gasteiger partial charge in [-0.3, -0.25) is 4.79 Å². The monoisotopic (exact) mass is 202 g/mol. The molecule has 0 aliphatic carbocycles. The van der Waals surface area contributed by atoms with Gasteiger partial charge < -0.3 is 5.21 Å². The van der Waals surface area contributed by atoms with Crippen LogP contribution in [0.4, 0.5) is 0 Å². The highest BCUT2D eigenvalue weighted by Crippen LogP contribution is 2.38. The Morgan fingerprint density at radius 2 is 2.08 bits per heavy atom. The summed E-state index contributed by atoms with van der Waals surface area (Å²) in [6, 6.07) is 0. The van der Waals surface area contributed by atoms with Crippen molar-refractivity contribution in [2.24, 2.45) is 0 Å². The molecule has 0 aromatic heterocycles. The Bertz CT molecular complexity index is 281. The predicted octanol–water partition coefficient (Wildman–Crippen LogP) is 1.75. The molecule has 0 saturated carbocycles. The Hall–Kier alpha value is -0.510. The third kappa shape index (κ3) is 1.47. The van der Waals surface area contributed by atoms with Crippen LogP contribution in [-0.2, 0) is 4.79 Å². The molecular weight excluding hydrogens is 190 g/mol. The minimum atomic E-state index is -0.788. The molecule has 1 aliphatic heterocycles. The van der Waals surface area contributed by atoms with E-state index < -0.39 is 16.3 Å². The maximum atomic E-state index is 11.0. The Morgan fingerprint density at radius 1 is 1.62 bits per heavy atom. The lowest BCUT2D eigenvalue weighted by Crippen LogP contribution is -2.48. The number of halogens is 1. The third-order valence-electron chi connectivity index (χ3n) is 2.34. The summed E-state index contributed by atoms with van der Waals surface area (Å²) in [6.45, 7) is 8.91. The lowest BCUT2D eigenvalue weighted by molar-refractivity contribution is -0.178. The first kappa shape index (κ1) is 10.6. The van der Waals surface area contributed by atoms with Crippen LogP contribution in [0, 0.1) is 6.92 Å². The number of hydrogen-bond donors (Lipinski definition) is 1. The molecule has 1 aliphatic rings. The largest absolute Gasteiger partial charge is 0.308 e. The van der Waals surface area contributed by atoms with E-state index in [-0.39, 0.29) is 0 Å². The van der Waals surface area contributed by atoms with E-state index in [1.54, 1.807) is 26.8 Å². The summed E-state index contributed by atoms with van der Waals surface area (Å²) in [6.07, 6.45) is 1.59. The molecule has 0 spiro atoms. The lowest BCUT2D eigenvalue weighted by Gasteiger charge is -2.31. The zero-order chi connectivity index (χ0) is 10.4. The fraction of sp³-hybridized carbons (Fsp3) is 0.556. The van der Waals surface area contributed by atoms with Gasteiger partial charge in [0.05, 0.1) is 12.5 Å². The van der Waals surface area contributed by atoms with Crippen molar-refractivity contribution in [2.45, 2.75) is 31.8 Å². The molecule has 1 heterocycles. The fourth-order valence-electron chi connectivity index (χ4n) is 1.60. The summed E-state index contributed by atoms with van der Waals surface area (Å²) in [5.74, 6) is 0. The second kappa shape index (κ2) is 2.74. The second-order valence-corrected chi connectivity index (χ2v) is 4.40. The quantitative estimate of drug-likeness (QED) is 0.520. The van der Waals surface area contributed by atoms with Crippen LogP contribution in [0.1, 0.15) is 20.8 Å². The number of nitrogens with zero attached hydrogens (tertiary/aromatic N) is 1. The number of carbonyl (C=O) groups is 1. The van der Waals surface area contributed by atoms with Crippen LogP contribution in [0.15, 0.2) is 11.6 Å². The van der Waals surface area contributed by atoms with Gasteiger partial charge in [0.1, 0.15) is 0 Å². The summed E-state index contributed by atoms with van der Waals surface area (Å²) < 4.78 is 0. The van der Waals surface area contributed by atoms with Gasteiger partial charge in [0.25, 0.3) is 0 Å². The molecule has 0 saturated heterocycles. The molecule has 1 unspecified atom stereocenters. The SMILES string of the molecule is [CH2+]C1(C)C=C(C(=O)Cl)C(C)(C)N1O. The predicted molar refractivity (Wildman–Crippen MR) is 50.4 cm³/mol. The van der Waals surface area contributed by atoms with E-state index in [2.05, 4.69) is 6.92 Å². The smallest absolute Gasteiger partial charge is 0.250 e. The van der Waals surface area contributed by atoms with Crippen molar-refractivity contribution in [3.8, 4) is 0 Å². The lowest BCUT2D eigenvalue weighted by atomic mass is 9.98. The summed E-state index contributed by atoms with van der Waals surface area (Å²) in [4.78, 5) is 11.0. The van der Waals surface area contributed by atoms with Gasteiger partial charge >= 0.3 is 0 Å². The van der Waals surface area contributed by atoms with E-state index in [9.17, 15) is 10.0 Å². The van der Waals surface area contributed by atoms with Crippen LogP contribution in [-0.4, -0.2) is 26.6 Å². The zero-order valence-electron chi connectivity index (χ0n) is 7.97. The highest BCUT2D eigenvalue weighted by molar-refractivity contribution is 6.68. The third-order valence-corrected chi connectivity index (χ3v) is 2.54. The Labute approximate surface area is 82.9 Å². The molecule has 0 aromatic rings. The van der Waals surface area contributed by atoms with Crippen LogP contribution in [0.5, 0.6) is 0 Å². The minimum Gasteiger partial charge on any atom is -0.308 e. The van der Waals surface area contributed by atoms with Gasteiger partial charge in [-0.15, -0.1) is 5.06 Å². The van der Waals surface area contributed by atoms with Gasteiger partial charge in [-0.05, 0) is 31.5 Å². The molecule has 1 rings (SSSR count). The molecule has 3 nitrogen and oxygen atoms in total. The van der Waals surface area contributed by atoms with Crippen molar-refractivity contribution in [3.63, 3.8) is 0 Å². The maximum Gasteiger partial charge on any atom is 0.250 e. The molecule has 13 heavy (non-hydrogen) atoms. The number of hydrogen-bond acceptors (Lipinski definition) is 3. The van der Waals surface area contributed by atoms with E-state index in [1.165, 1.54) is 0 Å². The van der Waals surface area contributed by atoms with Crippen molar-refractivity contribution in [1.29, 1.82) is 0 Å². The first-order valence-corrected chi connectivity index (χ1v) is 4.35. The van der Waals surface area contributed by atoms with Gasteiger partial charge in [0.2, 0.25) is 5.24 Å². The second-order valence-electron chi connectivity index (χ2n) is 4.06. The fourth-order valence-corrected chi connectivity index (χ4v) is 1.88. The Morgan fingerprint density at radius 3 is 2.23 bits per heavy atom. The van der Waals surface area contributed by atoms with Crippen LogP contribution in [0.3, 0.4) is 0 Å². The molecule has 72 valence electrons. The van der Waals surface area contributed by atoms with Crippen LogP contribution in [0.2, 0.25) is 0 Å². The minimum absolute atomic E-state index is 0.383. The molecule has 0 aromatic carbocycles. The van der Waals surface area contributed by atoms with Gasteiger partial charge in [0.15, 0.2) is 5.54 Å². The summed E-state index contributed by atoms with van der Waals surface area (Å²) in [5, 5.41) is 10.2. The zero-order valence-corrected chi connectivity index (χ0v) is 8.72. The number of hydroxylamine groups is 2. The summed E-state index contributed by atoms with van der Waals surface area (Å²) in [5.41, 5.74) is -1.17. The maximum absolute atomic E-state index is 11.0. The van der Waals surface area contributed by atoms with E-state index in [1.807, 2.05) is 0 Å². The Balaban J connectivity index is 3.17. The standard InChI is InChI=1S/C9H13ClNO2/c1-8(2)5-6(7(10)12)9(3,4)11(8)13/h5,13H,1H2,2-4H3/q+1. The molecule has 0 bridgehead atoms. The van der Waals surface area contributed by atoms with Crippen LogP contribution >= 0.6 is 11.6 Å². The average Bonchev–Trinajstić information content (AvgIpc) is 2.11. The first-order chi connectivity index (χ1) is 5.69. The van der Waals surface area contributed by atoms with E-state index in [0.29, 0.717) is 5.57 Å². The molecule has 0 fully saturated rings.